The van der Waals surface area contributed by atoms with E-state index in [0.717, 1.165) is 0 Å². The Morgan fingerprint density at radius 3 is 2.67 bits per heavy atom. The van der Waals surface area contributed by atoms with Gasteiger partial charge in [-0.25, -0.2) is 4.79 Å². The number of halogens is 1. The third-order valence-electron chi connectivity index (χ3n) is 2.54. The highest BCUT2D eigenvalue weighted by Gasteiger charge is 2.37. The number of cyclic esters (lactones) is 1. The number of ether oxygens (including phenoxy) is 2. The molecule has 18 heavy (non-hydrogen) atoms. The SMILES string of the molecule is CC(C)(C)C(=O)O[C@H]1OC(=O)c2c(Br)cccc21. The van der Waals surface area contributed by atoms with Crippen molar-refractivity contribution in [1.82, 2.24) is 0 Å². The van der Waals surface area contributed by atoms with Gasteiger partial charge >= 0.3 is 11.9 Å². The van der Waals surface area contributed by atoms with Crippen LogP contribution in [0, 0.1) is 5.41 Å². The quantitative estimate of drug-likeness (QED) is 0.747. The van der Waals surface area contributed by atoms with Crippen LogP contribution < -0.4 is 0 Å². The zero-order valence-corrected chi connectivity index (χ0v) is 11.9. The van der Waals surface area contributed by atoms with E-state index in [1.807, 2.05) is 0 Å². The summed E-state index contributed by atoms with van der Waals surface area (Å²) in [5, 5.41) is 0. The molecule has 0 aliphatic carbocycles. The van der Waals surface area contributed by atoms with Gasteiger partial charge in [-0.2, -0.15) is 0 Å². The topological polar surface area (TPSA) is 52.6 Å². The minimum atomic E-state index is -0.947. The van der Waals surface area contributed by atoms with E-state index in [2.05, 4.69) is 15.9 Å². The Morgan fingerprint density at radius 1 is 1.39 bits per heavy atom. The number of hydrogen-bond donors (Lipinski definition) is 0. The lowest BCUT2D eigenvalue weighted by Gasteiger charge is -2.19. The van der Waals surface area contributed by atoms with Crippen LogP contribution in [0.1, 0.15) is 43.0 Å². The highest BCUT2D eigenvalue weighted by atomic mass is 79.9. The van der Waals surface area contributed by atoms with E-state index in [9.17, 15) is 9.59 Å². The zero-order valence-electron chi connectivity index (χ0n) is 10.3. The molecule has 0 N–H and O–H groups in total. The number of benzene rings is 1. The molecule has 1 aliphatic heterocycles. The van der Waals surface area contributed by atoms with Crippen LogP contribution in [0.2, 0.25) is 0 Å². The second-order valence-corrected chi connectivity index (χ2v) is 5.95. The van der Waals surface area contributed by atoms with Crippen LogP contribution in [-0.2, 0) is 14.3 Å². The molecule has 1 heterocycles. The Bertz CT molecular complexity index is 516. The molecule has 1 atom stereocenters. The van der Waals surface area contributed by atoms with E-state index in [1.54, 1.807) is 39.0 Å². The Kier molecular flexibility index (Phi) is 3.19. The van der Waals surface area contributed by atoms with E-state index >= 15 is 0 Å². The molecule has 0 amide bonds. The van der Waals surface area contributed by atoms with Gasteiger partial charge < -0.3 is 9.47 Å². The molecule has 0 fully saturated rings. The van der Waals surface area contributed by atoms with Gasteiger partial charge in [-0.15, -0.1) is 0 Å². The van der Waals surface area contributed by atoms with Gasteiger partial charge in [-0.05, 0) is 42.8 Å². The smallest absolute Gasteiger partial charge is 0.343 e. The Balaban J connectivity index is 2.28. The standard InChI is InChI=1S/C13H13BrO4/c1-13(2,3)12(16)18-11-7-5-4-6-8(14)9(7)10(15)17-11/h4-6,11H,1-3H3/t11-/m1/s1. The molecular weight excluding hydrogens is 300 g/mol. The molecule has 1 aromatic rings. The lowest BCUT2D eigenvalue weighted by atomic mass is 9.97. The molecule has 0 bridgehead atoms. The maximum absolute atomic E-state index is 11.8. The number of esters is 2. The molecule has 96 valence electrons. The first-order chi connectivity index (χ1) is 8.30. The third-order valence-corrected chi connectivity index (χ3v) is 3.21. The second kappa shape index (κ2) is 4.39. The summed E-state index contributed by atoms with van der Waals surface area (Å²) in [5.41, 5.74) is 0.359. The fourth-order valence-electron chi connectivity index (χ4n) is 1.53. The van der Waals surface area contributed by atoms with Crippen molar-refractivity contribution in [2.75, 3.05) is 0 Å². The molecular formula is C13H13BrO4. The summed E-state index contributed by atoms with van der Waals surface area (Å²) in [4.78, 5) is 23.5. The van der Waals surface area contributed by atoms with E-state index in [4.69, 9.17) is 9.47 Å². The summed E-state index contributed by atoms with van der Waals surface area (Å²) >= 11 is 3.28. The minimum absolute atomic E-state index is 0.409. The van der Waals surface area contributed by atoms with Crippen LogP contribution in [0.25, 0.3) is 0 Å². The molecule has 0 saturated carbocycles. The summed E-state index contributed by atoms with van der Waals surface area (Å²) in [6.45, 7) is 5.23. The average Bonchev–Trinajstić information content (AvgIpc) is 2.56. The first kappa shape index (κ1) is 13.1. The van der Waals surface area contributed by atoms with Gasteiger partial charge in [0.15, 0.2) is 0 Å². The van der Waals surface area contributed by atoms with Gasteiger partial charge in [0.05, 0.1) is 11.0 Å². The fourth-order valence-corrected chi connectivity index (χ4v) is 2.08. The van der Waals surface area contributed by atoms with Crippen LogP contribution >= 0.6 is 15.9 Å². The normalized spacial score (nSPS) is 18.2. The van der Waals surface area contributed by atoms with Gasteiger partial charge in [0.2, 0.25) is 0 Å². The summed E-state index contributed by atoms with van der Waals surface area (Å²) in [6.07, 6.45) is -0.947. The van der Waals surface area contributed by atoms with E-state index in [0.29, 0.717) is 15.6 Å². The maximum Gasteiger partial charge on any atom is 0.343 e. The molecule has 4 nitrogen and oxygen atoms in total. The second-order valence-electron chi connectivity index (χ2n) is 5.10. The lowest BCUT2D eigenvalue weighted by molar-refractivity contribution is -0.177. The summed E-state index contributed by atoms with van der Waals surface area (Å²) in [6, 6.07) is 5.22. The monoisotopic (exact) mass is 312 g/mol. The predicted molar refractivity (Wildman–Crippen MR) is 67.8 cm³/mol. The molecule has 1 aromatic carbocycles. The van der Waals surface area contributed by atoms with Gasteiger partial charge in [0, 0.05) is 10.0 Å². The molecule has 5 heteroatoms. The van der Waals surface area contributed by atoms with E-state index in [1.165, 1.54) is 0 Å². The predicted octanol–water partition coefficient (Wildman–Crippen LogP) is 3.21. The lowest BCUT2D eigenvalue weighted by Crippen LogP contribution is -2.25. The van der Waals surface area contributed by atoms with Crippen molar-refractivity contribution in [3.8, 4) is 0 Å². The minimum Gasteiger partial charge on any atom is -0.420 e. The third kappa shape index (κ3) is 2.27. The molecule has 1 aliphatic rings. The summed E-state index contributed by atoms with van der Waals surface area (Å²) < 4.78 is 10.9. The molecule has 0 radical (unpaired) electrons. The number of fused-ring (bicyclic) bond motifs is 1. The van der Waals surface area contributed by atoms with E-state index < -0.39 is 23.6 Å². The number of rotatable bonds is 1. The molecule has 0 aromatic heterocycles. The van der Waals surface area contributed by atoms with Crippen molar-refractivity contribution in [2.45, 2.75) is 27.1 Å². The maximum atomic E-state index is 11.8. The van der Waals surface area contributed by atoms with Crippen LogP contribution in [0.15, 0.2) is 22.7 Å². The summed E-state index contributed by atoms with van der Waals surface area (Å²) in [7, 11) is 0. The largest absolute Gasteiger partial charge is 0.420 e. The molecule has 0 saturated heterocycles. The molecule has 0 spiro atoms. The zero-order chi connectivity index (χ0) is 13.5. The highest BCUT2D eigenvalue weighted by Crippen LogP contribution is 2.36. The summed E-state index contributed by atoms with van der Waals surface area (Å²) in [5.74, 6) is -0.891. The number of carbonyl (C=O) groups is 2. The first-order valence-electron chi connectivity index (χ1n) is 5.51. The molecule has 2 rings (SSSR count). The van der Waals surface area contributed by atoms with Crippen LogP contribution in [-0.4, -0.2) is 11.9 Å². The van der Waals surface area contributed by atoms with E-state index in [-0.39, 0.29) is 0 Å². The van der Waals surface area contributed by atoms with Crippen LogP contribution in [0.4, 0.5) is 0 Å². The van der Waals surface area contributed by atoms with Crippen LogP contribution in [0.5, 0.6) is 0 Å². The first-order valence-corrected chi connectivity index (χ1v) is 6.30. The number of carbonyl (C=O) groups excluding carboxylic acids is 2. The van der Waals surface area contributed by atoms with Crippen LogP contribution in [0.3, 0.4) is 0 Å². The van der Waals surface area contributed by atoms with Gasteiger partial charge in [-0.1, -0.05) is 12.1 Å². The molecule has 0 unspecified atom stereocenters. The fraction of sp³-hybridized carbons (Fsp3) is 0.385. The Labute approximate surface area is 113 Å². The Hall–Kier alpha value is -1.36. The highest BCUT2D eigenvalue weighted by molar-refractivity contribution is 9.10. The Morgan fingerprint density at radius 2 is 2.06 bits per heavy atom. The van der Waals surface area contributed by atoms with Gasteiger partial charge in [0.25, 0.3) is 6.29 Å². The van der Waals surface area contributed by atoms with Crippen molar-refractivity contribution in [1.29, 1.82) is 0 Å². The van der Waals surface area contributed by atoms with Gasteiger partial charge in [-0.3, -0.25) is 4.79 Å². The van der Waals surface area contributed by atoms with Crippen molar-refractivity contribution >= 4 is 27.9 Å². The van der Waals surface area contributed by atoms with Gasteiger partial charge in [0.1, 0.15) is 0 Å². The number of hydrogen-bond acceptors (Lipinski definition) is 4. The average molecular weight is 313 g/mol. The van der Waals surface area contributed by atoms with Crippen molar-refractivity contribution in [3.05, 3.63) is 33.8 Å². The van der Waals surface area contributed by atoms with Crippen molar-refractivity contribution in [3.63, 3.8) is 0 Å². The van der Waals surface area contributed by atoms with Crippen molar-refractivity contribution in [2.24, 2.45) is 5.41 Å². The van der Waals surface area contributed by atoms with Crippen molar-refractivity contribution < 1.29 is 19.1 Å².